The average Bonchev–Trinajstić information content (AvgIpc) is 2.22. The lowest BCUT2D eigenvalue weighted by Gasteiger charge is -2.39. The fourth-order valence-electron chi connectivity index (χ4n) is 11.0. The minimum absolute atomic E-state index is 0.0226. The maximum Gasteiger partial charge on any atom is 0.503 e. The zero-order valence-corrected chi connectivity index (χ0v) is 53.6. The number of halogens is 12. The van der Waals surface area contributed by atoms with Crippen LogP contribution in [0.15, 0.2) is 60.7 Å². The Morgan fingerprint density at radius 2 is 0.854 bits per heavy atom. The summed E-state index contributed by atoms with van der Waals surface area (Å²) in [7, 11) is -7.03. The first-order valence-corrected chi connectivity index (χ1v) is 33.0. The Balaban J connectivity index is 0.000000465. The van der Waals surface area contributed by atoms with Crippen molar-refractivity contribution in [3.63, 3.8) is 0 Å². The number of hydrogen-bond acceptors (Lipinski definition) is 16. The van der Waals surface area contributed by atoms with Crippen molar-refractivity contribution in [2.75, 3.05) is 52.9 Å². The van der Waals surface area contributed by atoms with E-state index in [2.05, 4.69) is 4.74 Å². The number of esters is 6. The van der Waals surface area contributed by atoms with E-state index < -0.39 is 161 Å². The number of ether oxygens (including phenoxy) is 4. The van der Waals surface area contributed by atoms with Crippen molar-refractivity contribution >= 4 is 53.4 Å². The molecular weight excluding hydrogens is 1250 g/mol. The van der Waals surface area contributed by atoms with Crippen LogP contribution in [0.2, 0.25) is 11.1 Å². The topological polar surface area (TPSA) is 195 Å². The van der Waals surface area contributed by atoms with E-state index in [4.69, 9.17) is 40.8 Å². The van der Waals surface area contributed by atoms with Gasteiger partial charge in [-0.3, -0.25) is 28.8 Å². The number of alkyl halides is 12. The van der Waals surface area contributed by atoms with Crippen LogP contribution in [0.5, 0.6) is 0 Å². The second-order valence-electron chi connectivity index (χ2n) is 22.2. The van der Waals surface area contributed by atoms with Crippen molar-refractivity contribution in [3.8, 4) is 0 Å². The fraction of sp³-hybridized carbons (Fsp3) is 0.695. The van der Waals surface area contributed by atoms with Gasteiger partial charge in [0.1, 0.15) is 0 Å². The molecule has 0 radical (unpaired) electrons. The van der Waals surface area contributed by atoms with Gasteiger partial charge in [-0.2, -0.15) is 43.9 Å². The summed E-state index contributed by atoms with van der Waals surface area (Å²) in [6.07, 6.45) is -21.4. The van der Waals surface area contributed by atoms with Gasteiger partial charge in [0.15, 0.2) is 13.2 Å². The highest BCUT2D eigenvalue weighted by Crippen LogP contribution is 2.48. The Morgan fingerprint density at radius 1 is 0.506 bits per heavy atom. The third-order valence-electron chi connectivity index (χ3n) is 15.5. The van der Waals surface area contributed by atoms with Gasteiger partial charge in [0.2, 0.25) is 0 Å². The van der Waals surface area contributed by atoms with Crippen molar-refractivity contribution in [2.24, 2.45) is 35.0 Å². The van der Waals surface area contributed by atoms with Gasteiger partial charge in [-0.25, -0.2) is 8.78 Å². The first-order valence-electron chi connectivity index (χ1n) is 29.3. The Labute approximate surface area is 512 Å². The minimum Gasteiger partial charge on any atom is -0.459 e. The zero-order valence-electron chi connectivity index (χ0n) is 51.6. The third kappa shape index (κ3) is 21.5. The summed E-state index contributed by atoms with van der Waals surface area (Å²) in [6, 6.07) is 17.2. The van der Waals surface area contributed by atoms with Crippen LogP contribution in [0.4, 0.5) is 52.7 Å². The average molecular weight is 1330 g/mol. The van der Waals surface area contributed by atoms with Gasteiger partial charge in [-0.15, -0.1) is 0 Å². The molecule has 2 fully saturated rings. The molecule has 89 heavy (non-hydrogen) atoms. The fourth-order valence-corrected chi connectivity index (χ4v) is 16.9. The maximum atomic E-state index is 14.2. The Bertz CT molecular complexity index is 2540. The molecule has 506 valence electrons. The molecule has 0 bridgehead atoms. The van der Waals surface area contributed by atoms with E-state index in [1.54, 1.807) is 116 Å². The Morgan fingerprint density at radius 3 is 1.20 bits per heavy atom. The predicted molar refractivity (Wildman–Crippen MR) is 299 cm³/mol. The van der Waals surface area contributed by atoms with Crippen molar-refractivity contribution < 1.29 is 127 Å². The van der Waals surface area contributed by atoms with E-state index in [1.165, 1.54) is 20.8 Å². The maximum absolute atomic E-state index is 14.2. The molecule has 2 aromatic rings. The van der Waals surface area contributed by atoms with E-state index in [1.807, 2.05) is 0 Å². The van der Waals surface area contributed by atoms with E-state index in [0.29, 0.717) is 11.1 Å². The van der Waals surface area contributed by atoms with Crippen LogP contribution in [0.1, 0.15) is 138 Å². The smallest absolute Gasteiger partial charge is 0.459 e. The molecular formula is C59H82F12O16Si2. The van der Waals surface area contributed by atoms with Gasteiger partial charge >= 0.3 is 77.6 Å². The number of carbonyl (C=O) groups is 6. The quantitative estimate of drug-likeness (QED) is 0.0205. The van der Waals surface area contributed by atoms with Gasteiger partial charge in [0.05, 0.1) is 35.0 Å². The lowest BCUT2D eigenvalue weighted by atomic mass is 9.72. The molecule has 0 saturated carbocycles. The van der Waals surface area contributed by atoms with E-state index in [0.717, 1.165) is 0 Å². The normalized spacial score (nSPS) is 20.9. The summed E-state index contributed by atoms with van der Waals surface area (Å²) in [5.41, 5.74) is -1.73. The first kappa shape index (κ1) is 78.3. The van der Waals surface area contributed by atoms with Crippen LogP contribution in [0, 0.1) is 35.0 Å². The molecule has 0 N–H and O–H groups in total. The number of benzene rings is 2. The highest BCUT2D eigenvalue weighted by molar-refractivity contribution is 6.62. The van der Waals surface area contributed by atoms with Gasteiger partial charge in [-0.1, -0.05) is 88.4 Å². The zero-order chi connectivity index (χ0) is 67.5. The van der Waals surface area contributed by atoms with Crippen molar-refractivity contribution in [1.29, 1.82) is 0 Å². The van der Waals surface area contributed by atoms with Gasteiger partial charge in [0.25, 0.3) is 12.3 Å². The molecule has 2 aliphatic heterocycles. The van der Waals surface area contributed by atoms with Crippen LogP contribution >= 0.6 is 0 Å². The predicted octanol–water partition coefficient (Wildman–Crippen LogP) is 13.2. The lowest BCUT2D eigenvalue weighted by molar-refractivity contribution is -0.255. The summed E-state index contributed by atoms with van der Waals surface area (Å²) in [4.78, 5) is 76.3. The number of hydrogen-bond donors (Lipinski definition) is 0. The van der Waals surface area contributed by atoms with Gasteiger partial charge in [-0.05, 0) is 110 Å². The van der Waals surface area contributed by atoms with Crippen molar-refractivity contribution in [1.82, 2.24) is 0 Å². The summed E-state index contributed by atoms with van der Waals surface area (Å²) >= 11 is 0. The molecule has 0 spiro atoms. The molecule has 16 nitrogen and oxygen atoms in total. The molecule has 2 saturated heterocycles. The molecule has 0 aromatic heterocycles. The third-order valence-corrected chi connectivity index (χ3v) is 22.5. The van der Waals surface area contributed by atoms with Crippen molar-refractivity contribution in [2.45, 2.75) is 174 Å². The molecule has 30 heteroatoms. The Hall–Kier alpha value is -4.99. The monoisotopic (exact) mass is 1330 g/mol. The lowest BCUT2D eigenvalue weighted by Crippen LogP contribution is -2.51. The molecule has 0 amide bonds. The molecule has 12 unspecified atom stereocenters. The molecule has 12 atom stereocenters. The molecule has 2 aliphatic rings. The first-order chi connectivity index (χ1) is 41.4. The highest BCUT2D eigenvalue weighted by atomic mass is 28.4. The van der Waals surface area contributed by atoms with Gasteiger partial charge in [0, 0.05) is 50.7 Å². The minimum atomic E-state index is -5.88. The van der Waals surface area contributed by atoms with E-state index >= 15 is 0 Å². The van der Waals surface area contributed by atoms with Crippen LogP contribution in [-0.4, -0.2) is 143 Å². The molecule has 2 aromatic carbocycles. The number of cyclic esters (lactones) is 4. The second-order valence-corrected chi connectivity index (χ2v) is 28.3. The summed E-state index contributed by atoms with van der Waals surface area (Å²) in [5.74, 6) is -21.5. The largest absolute Gasteiger partial charge is 0.503 e. The molecule has 0 aliphatic carbocycles. The number of rotatable bonds is 36. The van der Waals surface area contributed by atoms with E-state index in [-0.39, 0.29) is 78.2 Å². The summed E-state index contributed by atoms with van der Waals surface area (Å²) in [5, 5.41) is 0. The summed E-state index contributed by atoms with van der Waals surface area (Å²) in [6.45, 7) is 14.9. The SMILES string of the molecule is CCO[Si](OCC)(OCC)C(C)CC(C)(CC(CC1C(=O)OC(=O)C1C)c1ccccc1)C(=O)OCC(F)(F)C(F)C(F)(F)F.CCO[Si](OCC)(OCC)C(C)CC(CC(CC1C(=O)OC(=O)C1C)c1ccccc1)C(=O)OCC(F)(F)C(F)C(F)(F)F. The Kier molecular flexibility index (Phi) is 30.0. The molecule has 4 rings (SSSR count). The van der Waals surface area contributed by atoms with Crippen LogP contribution in [-0.2, 0) is 74.3 Å². The molecule has 2 heterocycles. The van der Waals surface area contributed by atoms with Crippen molar-refractivity contribution in [3.05, 3.63) is 71.8 Å². The number of carbonyl (C=O) groups excluding carboxylic acids is 6. The standard InChI is InChI=1S/C30H42F6O8Si.C29H40F6O8Si/c1-7-41-45(42-8-2,43-9-3)19(4)16-28(6,27(39)40-18-29(32,33)26(31)30(34,35)36)17-22(21-13-11-10-12-14-21)15-23-20(5)24(37)44-25(23)38;1-6-40-44(41-7-2,42-8-3)18(4)14-22(25(37)39-17-28(31,32)27(30)29(33,34)35)15-21(20-12-10-9-11-13-20)16-23-19(5)24(36)43-26(23)38/h10-14,19-20,22-23,26H,7-9,15-18H2,1-6H3;9-13,18-19,21-23,27H,6-8,14-17H2,1-5H3. The second kappa shape index (κ2) is 34.1. The highest BCUT2D eigenvalue weighted by Gasteiger charge is 2.60. The van der Waals surface area contributed by atoms with Gasteiger partial charge < -0.3 is 45.5 Å². The summed E-state index contributed by atoms with van der Waals surface area (Å²) < 4.78 is 215. The van der Waals surface area contributed by atoms with Crippen LogP contribution in [0.3, 0.4) is 0 Å². The van der Waals surface area contributed by atoms with Crippen LogP contribution < -0.4 is 0 Å². The van der Waals surface area contributed by atoms with Crippen LogP contribution in [0.25, 0.3) is 0 Å². The van der Waals surface area contributed by atoms with E-state index in [9.17, 15) is 81.5 Å².